The third-order valence-corrected chi connectivity index (χ3v) is 6.93. The molecule has 0 fully saturated rings. The largest absolute Gasteiger partial charge is 0.493 e. The zero-order valence-electron chi connectivity index (χ0n) is 23.9. The Hall–Kier alpha value is -5.18. The van der Waals surface area contributed by atoms with Crippen LogP contribution in [-0.2, 0) is 22.6 Å². The third kappa shape index (κ3) is 5.81. The van der Waals surface area contributed by atoms with Gasteiger partial charge in [0, 0.05) is 35.9 Å². The summed E-state index contributed by atoms with van der Waals surface area (Å²) in [4.78, 5) is 28.3. The predicted octanol–water partition coefficient (Wildman–Crippen LogP) is 6.28. The summed E-state index contributed by atoms with van der Waals surface area (Å²) in [5.41, 5.74) is 3.30. The zero-order chi connectivity index (χ0) is 29.6. The van der Waals surface area contributed by atoms with Crippen molar-refractivity contribution in [1.29, 1.82) is 0 Å². The second kappa shape index (κ2) is 12.6. The molecule has 1 heterocycles. The van der Waals surface area contributed by atoms with Crippen molar-refractivity contribution in [1.82, 2.24) is 4.98 Å². The Balaban J connectivity index is 1.55. The summed E-state index contributed by atoms with van der Waals surface area (Å²) in [6.45, 7) is 1.89. The maximum atomic E-state index is 13.7. The van der Waals surface area contributed by atoms with Crippen LogP contribution in [0.2, 0.25) is 0 Å². The van der Waals surface area contributed by atoms with Crippen LogP contribution in [0.1, 0.15) is 28.5 Å². The first kappa shape index (κ1) is 28.4. The molecule has 0 radical (unpaired) electrons. The number of rotatable bonds is 11. The number of H-pyrrole nitrogens is 1. The van der Waals surface area contributed by atoms with Crippen molar-refractivity contribution in [2.45, 2.75) is 20.0 Å². The van der Waals surface area contributed by atoms with Crippen LogP contribution < -0.4 is 24.3 Å². The molecule has 0 saturated carbocycles. The lowest BCUT2D eigenvalue weighted by molar-refractivity contribution is -0.140. The Bertz CT molecular complexity index is 1740. The molecule has 0 aliphatic carbocycles. The number of hydrogen-bond donors (Lipinski definition) is 2. The molecule has 4 aromatic carbocycles. The molecule has 0 atom stereocenters. The van der Waals surface area contributed by atoms with E-state index >= 15 is 0 Å². The van der Waals surface area contributed by atoms with E-state index in [1.807, 2.05) is 60.7 Å². The average Bonchev–Trinajstić information content (AvgIpc) is 3.44. The van der Waals surface area contributed by atoms with Crippen LogP contribution in [0.4, 0.5) is 5.69 Å². The molecule has 9 heteroatoms. The number of amides is 1. The summed E-state index contributed by atoms with van der Waals surface area (Å²) in [5.74, 6) is 1.21. The lowest BCUT2D eigenvalue weighted by Crippen LogP contribution is -2.15. The Morgan fingerprint density at radius 1 is 0.810 bits per heavy atom. The summed E-state index contributed by atoms with van der Waals surface area (Å²) >= 11 is 0. The number of carbonyl (C=O) groups is 2. The lowest BCUT2D eigenvalue weighted by Gasteiger charge is -2.18. The number of anilines is 1. The first-order chi connectivity index (χ1) is 20.4. The van der Waals surface area contributed by atoms with Gasteiger partial charge in [0.1, 0.15) is 18.1 Å². The Morgan fingerprint density at radius 2 is 1.52 bits per heavy atom. The zero-order valence-corrected chi connectivity index (χ0v) is 23.9. The number of aromatic amines is 1. The maximum absolute atomic E-state index is 13.7. The van der Waals surface area contributed by atoms with Crippen molar-refractivity contribution in [2.75, 3.05) is 33.3 Å². The number of methoxy groups -OCH3 is 3. The second-order valence-electron chi connectivity index (χ2n) is 9.56. The Labute approximate surface area is 243 Å². The van der Waals surface area contributed by atoms with Gasteiger partial charge in [-0.05, 0) is 28.6 Å². The van der Waals surface area contributed by atoms with Crippen molar-refractivity contribution in [3.63, 3.8) is 0 Å². The highest BCUT2D eigenvalue weighted by molar-refractivity contribution is 6.09. The van der Waals surface area contributed by atoms with Crippen LogP contribution >= 0.6 is 0 Å². The SMILES string of the molecule is COc1cc2cc(C(=O)Nc3cc(OCc4ccccc4)c4ccccc4c3CCOC(C)=O)[nH]c2c(OC)c1OC. The van der Waals surface area contributed by atoms with Crippen molar-refractivity contribution >= 4 is 39.2 Å². The molecule has 1 aromatic heterocycles. The van der Waals surface area contributed by atoms with Gasteiger partial charge in [-0.2, -0.15) is 0 Å². The van der Waals surface area contributed by atoms with Crippen molar-refractivity contribution in [2.24, 2.45) is 0 Å². The van der Waals surface area contributed by atoms with Gasteiger partial charge >= 0.3 is 5.97 Å². The first-order valence-corrected chi connectivity index (χ1v) is 13.4. The van der Waals surface area contributed by atoms with Gasteiger partial charge in [-0.1, -0.05) is 54.6 Å². The van der Waals surface area contributed by atoms with Crippen LogP contribution in [0.15, 0.2) is 72.8 Å². The molecular formula is C33H32N2O7. The third-order valence-electron chi connectivity index (χ3n) is 6.93. The Morgan fingerprint density at radius 3 is 2.21 bits per heavy atom. The van der Waals surface area contributed by atoms with Crippen LogP contribution in [-0.4, -0.2) is 44.8 Å². The van der Waals surface area contributed by atoms with E-state index in [1.165, 1.54) is 28.3 Å². The molecule has 1 amide bonds. The van der Waals surface area contributed by atoms with Gasteiger partial charge in [0.15, 0.2) is 11.5 Å². The van der Waals surface area contributed by atoms with Crippen LogP contribution in [0.3, 0.4) is 0 Å². The molecule has 0 aliphatic heterocycles. The van der Waals surface area contributed by atoms with E-state index in [0.29, 0.717) is 52.9 Å². The average molecular weight is 569 g/mol. The molecule has 216 valence electrons. The van der Waals surface area contributed by atoms with Gasteiger partial charge in [0.25, 0.3) is 5.91 Å². The summed E-state index contributed by atoms with van der Waals surface area (Å²) in [6.07, 6.45) is 0.392. The molecule has 0 bridgehead atoms. The number of esters is 1. The van der Waals surface area contributed by atoms with Gasteiger partial charge in [-0.3, -0.25) is 9.59 Å². The molecule has 0 aliphatic rings. The maximum Gasteiger partial charge on any atom is 0.302 e. The molecule has 0 spiro atoms. The van der Waals surface area contributed by atoms with Gasteiger partial charge in [0.05, 0.1) is 33.5 Å². The van der Waals surface area contributed by atoms with Gasteiger partial charge in [-0.25, -0.2) is 0 Å². The van der Waals surface area contributed by atoms with E-state index in [4.69, 9.17) is 23.7 Å². The smallest absolute Gasteiger partial charge is 0.302 e. The van der Waals surface area contributed by atoms with E-state index in [0.717, 1.165) is 27.3 Å². The van der Waals surface area contributed by atoms with E-state index in [1.54, 1.807) is 12.1 Å². The Kier molecular flexibility index (Phi) is 8.47. The number of benzene rings is 4. The van der Waals surface area contributed by atoms with Gasteiger partial charge in [0.2, 0.25) is 5.75 Å². The summed E-state index contributed by atoms with van der Waals surface area (Å²) < 4.78 is 28.1. The minimum absolute atomic E-state index is 0.162. The minimum Gasteiger partial charge on any atom is -0.493 e. The number of fused-ring (bicyclic) bond motifs is 2. The van der Waals surface area contributed by atoms with Gasteiger partial charge < -0.3 is 34.0 Å². The molecule has 42 heavy (non-hydrogen) atoms. The predicted molar refractivity (Wildman–Crippen MR) is 161 cm³/mol. The molecule has 0 unspecified atom stereocenters. The summed E-state index contributed by atoms with van der Waals surface area (Å²) in [6, 6.07) is 23.0. The lowest BCUT2D eigenvalue weighted by atomic mass is 9.99. The number of ether oxygens (including phenoxy) is 5. The summed E-state index contributed by atoms with van der Waals surface area (Å²) in [5, 5.41) is 5.55. The minimum atomic E-state index is -0.371. The van der Waals surface area contributed by atoms with E-state index in [-0.39, 0.29) is 18.5 Å². The fraction of sp³-hybridized carbons (Fsp3) is 0.212. The molecule has 5 aromatic rings. The highest BCUT2D eigenvalue weighted by Gasteiger charge is 2.21. The van der Waals surface area contributed by atoms with E-state index in [9.17, 15) is 9.59 Å². The number of aromatic nitrogens is 1. The topological polar surface area (TPSA) is 108 Å². The highest BCUT2D eigenvalue weighted by Crippen LogP contribution is 2.43. The van der Waals surface area contributed by atoms with Crippen molar-refractivity contribution in [3.8, 4) is 23.0 Å². The standard InChI is InChI=1S/C33H32N2O7/c1-20(36)41-15-14-24-23-12-8-9-13-25(23)28(42-19-21-10-6-5-7-11-21)18-26(24)35-33(37)27-16-22-17-29(38-2)31(39-3)32(40-4)30(22)34-27/h5-13,16-18,34H,14-15,19H2,1-4H3,(H,35,37). The van der Waals surface area contributed by atoms with Crippen LogP contribution in [0.25, 0.3) is 21.7 Å². The van der Waals surface area contributed by atoms with E-state index < -0.39 is 0 Å². The van der Waals surface area contributed by atoms with Crippen LogP contribution in [0, 0.1) is 0 Å². The number of nitrogens with one attached hydrogen (secondary N) is 2. The van der Waals surface area contributed by atoms with Crippen molar-refractivity contribution in [3.05, 3.63) is 89.6 Å². The molecule has 9 nitrogen and oxygen atoms in total. The van der Waals surface area contributed by atoms with Gasteiger partial charge in [-0.15, -0.1) is 0 Å². The normalized spacial score (nSPS) is 10.9. The molecule has 0 saturated heterocycles. The van der Waals surface area contributed by atoms with Crippen LogP contribution in [0.5, 0.6) is 23.0 Å². The molecule has 5 rings (SSSR count). The van der Waals surface area contributed by atoms with E-state index in [2.05, 4.69) is 10.3 Å². The molecule has 2 N–H and O–H groups in total. The van der Waals surface area contributed by atoms with Crippen molar-refractivity contribution < 1.29 is 33.3 Å². The molecular weight excluding hydrogens is 536 g/mol. The quantitative estimate of drug-likeness (QED) is 0.181. The number of hydrogen-bond acceptors (Lipinski definition) is 7. The first-order valence-electron chi connectivity index (χ1n) is 13.4. The fourth-order valence-corrected chi connectivity index (χ4v) is 4.99. The fourth-order valence-electron chi connectivity index (χ4n) is 4.99. The number of carbonyl (C=O) groups excluding carboxylic acids is 2. The monoisotopic (exact) mass is 568 g/mol. The second-order valence-corrected chi connectivity index (χ2v) is 9.56. The summed E-state index contributed by atoms with van der Waals surface area (Å²) in [7, 11) is 4.59. The highest BCUT2D eigenvalue weighted by atomic mass is 16.5.